The summed E-state index contributed by atoms with van der Waals surface area (Å²) in [6.07, 6.45) is 1.93. The van der Waals surface area contributed by atoms with E-state index in [1.165, 1.54) is 6.07 Å². The van der Waals surface area contributed by atoms with Crippen molar-refractivity contribution in [2.24, 2.45) is 0 Å². The summed E-state index contributed by atoms with van der Waals surface area (Å²) in [7, 11) is -4.24. The Labute approximate surface area is 126 Å². The van der Waals surface area contributed by atoms with E-state index in [1.54, 1.807) is 30.3 Å². The molecule has 2 aromatic carbocycles. The predicted molar refractivity (Wildman–Crippen MR) is 82.3 cm³/mol. The van der Waals surface area contributed by atoms with Crippen molar-refractivity contribution in [2.75, 3.05) is 11.9 Å². The topological polar surface area (TPSA) is 63.6 Å². The number of unbranched alkanes of at least 4 members (excludes halogenated alkanes) is 1. The van der Waals surface area contributed by atoms with Crippen LogP contribution in [0.25, 0.3) is 10.8 Å². The molecule has 108 valence electrons. The van der Waals surface area contributed by atoms with Crippen LogP contribution in [0.2, 0.25) is 0 Å². The summed E-state index contributed by atoms with van der Waals surface area (Å²) in [4.78, 5) is -0.0964. The highest BCUT2D eigenvalue weighted by Crippen LogP contribution is 2.30. The molecule has 0 radical (unpaired) electrons. The summed E-state index contributed by atoms with van der Waals surface area (Å²) in [6, 6.07) is 9.93. The molecule has 0 bridgehead atoms. The summed E-state index contributed by atoms with van der Waals surface area (Å²) < 4.78 is 37.7. The van der Waals surface area contributed by atoms with Gasteiger partial charge in [-0.25, -0.2) is 0 Å². The first-order valence-electron chi connectivity index (χ1n) is 6.22. The summed E-state index contributed by atoms with van der Waals surface area (Å²) in [5, 5.41) is 2.08. The van der Waals surface area contributed by atoms with Crippen LogP contribution in [0.5, 0.6) is 5.75 Å². The Bertz CT molecular complexity index is 697. The van der Waals surface area contributed by atoms with E-state index in [0.717, 1.165) is 18.2 Å². The monoisotopic (exact) mass is 358 g/mol. The molecule has 0 aliphatic heterocycles. The zero-order valence-electron chi connectivity index (χ0n) is 10.8. The van der Waals surface area contributed by atoms with Gasteiger partial charge < -0.3 is 4.74 Å². The number of hydrogen-bond acceptors (Lipinski definition) is 3. The van der Waals surface area contributed by atoms with Crippen molar-refractivity contribution in [3.05, 3.63) is 36.4 Å². The Balaban J connectivity index is 2.38. The summed E-state index contributed by atoms with van der Waals surface area (Å²) in [5.74, 6) is 0.627. The van der Waals surface area contributed by atoms with Crippen LogP contribution in [0.15, 0.2) is 41.3 Å². The van der Waals surface area contributed by atoms with Gasteiger partial charge in [0.15, 0.2) is 0 Å². The molecule has 0 heterocycles. The standard InChI is InChI=1S/C14H15BrO4S/c15-9-1-2-10-19-13-7-3-6-12-11(13)5-4-8-14(12)20(16,17)18/h3-8H,1-2,9-10H2,(H,16,17,18). The van der Waals surface area contributed by atoms with E-state index in [2.05, 4.69) is 15.9 Å². The second-order valence-corrected chi connectivity index (χ2v) is 6.51. The van der Waals surface area contributed by atoms with Crippen molar-refractivity contribution in [1.82, 2.24) is 0 Å². The lowest BCUT2D eigenvalue weighted by Gasteiger charge is -2.10. The Morgan fingerprint density at radius 2 is 1.75 bits per heavy atom. The van der Waals surface area contributed by atoms with Crippen LogP contribution in [-0.2, 0) is 10.1 Å². The highest BCUT2D eigenvalue weighted by atomic mass is 79.9. The molecule has 0 saturated carbocycles. The fourth-order valence-electron chi connectivity index (χ4n) is 1.98. The minimum absolute atomic E-state index is 0.0964. The number of halogens is 1. The third-order valence-corrected chi connectivity index (χ3v) is 4.38. The zero-order valence-corrected chi connectivity index (χ0v) is 13.2. The van der Waals surface area contributed by atoms with Gasteiger partial charge in [-0.05, 0) is 25.0 Å². The highest BCUT2D eigenvalue weighted by molar-refractivity contribution is 9.09. The molecule has 0 saturated heterocycles. The van der Waals surface area contributed by atoms with E-state index in [0.29, 0.717) is 23.1 Å². The molecule has 0 aliphatic rings. The molecule has 0 amide bonds. The molecule has 0 unspecified atom stereocenters. The number of rotatable bonds is 6. The van der Waals surface area contributed by atoms with Gasteiger partial charge in [0.1, 0.15) is 10.6 Å². The summed E-state index contributed by atoms with van der Waals surface area (Å²) in [5.41, 5.74) is 0. The first-order valence-corrected chi connectivity index (χ1v) is 8.78. The number of fused-ring (bicyclic) bond motifs is 1. The third-order valence-electron chi connectivity index (χ3n) is 2.91. The van der Waals surface area contributed by atoms with E-state index >= 15 is 0 Å². The van der Waals surface area contributed by atoms with Gasteiger partial charge in [-0.15, -0.1) is 0 Å². The van der Waals surface area contributed by atoms with Crippen molar-refractivity contribution >= 4 is 36.8 Å². The van der Waals surface area contributed by atoms with Crippen molar-refractivity contribution < 1.29 is 17.7 Å². The maximum atomic E-state index is 11.4. The van der Waals surface area contributed by atoms with Crippen LogP contribution in [0.4, 0.5) is 0 Å². The van der Waals surface area contributed by atoms with Crippen LogP contribution >= 0.6 is 15.9 Å². The van der Waals surface area contributed by atoms with Gasteiger partial charge in [0.25, 0.3) is 10.1 Å². The number of alkyl halides is 1. The molecule has 0 aromatic heterocycles. The van der Waals surface area contributed by atoms with E-state index in [4.69, 9.17) is 4.74 Å². The fourth-order valence-corrected chi connectivity index (χ4v) is 3.08. The lowest BCUT2D eigenvalue weighted by atomic mass is 10.1. The molecule has 0 spiro atoms. The average Bonchev–Trinajstić information content (AvgIpc) is 2.42. The normalized spacial score (nSPS) is 11.7. The van der Waals surface area contributed by atoms with Gasteiger partial charge in [0.2, 0.25) is 0 Å². The van der Waals surface area contributed by atoms with Crippen LogP contribution < -0.4 is 4.74 Å². The van der Waals surface area contributed by atoms with Crippen molar-refractivity contribution in [3.8, 4) is 5.75 Å². The van der Waals surface area contributed by atoms with Gasteiger partial charge in [-0.2, -0.15) is 8.42 Å². The number of benzene rings is 2. The predicted octanol–water partition coefficient (Wildman–Crippen LogP) is 3.64. The quantitative estimate of drug-likeness (QED) is 0.486. The smallest absolute Gasteiger partial charge is 0.295 e. The molecule has 0 atom stereocenters. The Morgan fingerprint density at radius 1 is 1.05 bits per heavy atom. The molecular weight excluding hydrogens is 344 g/mol. The molecule has 2 rings (SSSR count). The molecule has 1 N–H and O–H groups in total. The minimum atomic E-state index is -4.24. The van der Waals surface area contributed by atoms with Crippen LogP contribution in [0, 0.1) is 0 Å². The van der Waals surface area contributed by atoms with Gasteiger partial charge in [-0.3, -0.25) is 4.55 Å². The first-order chi connectivity index (χ1) is 9.54. The van der Waals surface area contributed by atoms with Crippen LogP contribution in [0.3, 0.4) is 0 Å². The van der Waals surface area contributed by atoms with Gasteiger partial charge >= 0.3 is 0 Å². The minimum Gasteiger partial charge on any atom is -0.493 e. The summed E-state index contributed by atoms with van der Waals surface area (Å²) in [6.45, 7) is 0.570. The van der Waals surface area contributed by atoms with Crippen LogP contribution in [-0.4, -0.2) is 24.9 Å². The molecule has 2 aromatic rings. The SMILES string of the molecule is O=S(=O)(O)c1cccc2c(OCCCCBr)cccc12. The molecule has 0 fully saturated rings. The van der Waals surface area contributed by atoms with E-state index < -0.39 is 10.1 Å². The second-order valence-electron chi connectivity index (χ2n) is 4.33. The number of ether oxygens (including phenoxy) is 1. The van der Waals surface area contributed by atoms with E-state index in [1.807, 2.05) is 0 Å². The van der Waals surface area contributed by atoms with E-state index in [9.17, 15) is 13.0 Å². The van der Waals surface area contributed by atoms with E-state index in [-0.39, 0.29) is 4.90 Å². The fraction of sp³-hybridized carbons (Fsp3) is 0.286. The van der Waals surface area contributed by atoms with Gasteiger partial charge in [-0.1, -0.05) is 40.2 Å². The Morgan fingerprint density at radius 3 is 2.45 bits per heavy atom. The van der Waals surface area contributed by atoms with Gasteiger partial charge in [0.05, 0.1) is 6.61 Å². The maximum absolute atomic E-state index is 11.4. The second kappa shape index (κ2) is 6.56. The Kier molecular flexibility index (Phi) is 5.01. The largest absolute Gasteiger partial charge is 0.493 e. The lowest BCUT2D eigenvalue weighted by molar-refractivity contribution is 0.313. The first kappa shape index (κ1) is 15.3. The Hall–Kier alpha value is -1.11. The molecule has 20 heavy (non-hydrogen) atoms. The van der Waals surface area contributed by atoms with Gasteiger partial charge in [0, 0.05) is 16.1 Å². The van der Waals surface area contributed by atoms with Crippen molar-refractivity contribution in [2.45, 2.75) is 17.7 Å². The van der Waals surface area contributed by atoms with Crippen molar-refractivity contribution in [3.63, 3.8) is 0 Å². The van der Waals surface area contributed by atoms with Crippen molar-refractivity contribution in [1.29, 1.82) is 0 Å². The lowest BCUT2D eigenvalue weighted by Crippen LogP contribution is -2.01. The van der Waals surface area contributed by atoms with Crippen LogP contribution in [0.1, 0.15) is 12.8 Å². The maximum Gasteiger partial charge on any atom is 0.295 e. The molecule has 4 nitrogen and oxygen atoms in total. The number of hydrogen-bond donors (Lipinski definition) is 1. The zero-order chi connectivity index (χ0) is 14.6. The molecule has 6 heteroatoms. The average molecular weight is 359 g/mol. The summed E-state index contributed by atoms with van der Waals surface area (Å²) >= 11 is 3.36. The third kappa shape index (κ3) is 3.50. The highest BCUT2D eigenvalue weighted by Gasteiger charge is 2.15. The molecule has 0 aliphatic carbocycles. The molecular formula is C14H15BrO4S.